The molecule has 2 rings (SSSR count). The van der Waals surface area contributed by atoms with E-state index >= 15 is 0 Å². The Morgan fingerprint density at radius 1 is 1.33 bits per heavy atom. The number of carboxylic acid groups (broad SMARTS) is 1. The number of nitrogens with one attached hydrogen (secondary N) is 1. The first-order valence-corrected chi connectivity index (χ1v) is 7.71. The van der Waals surface area contributed by atoms with Gasteiger partial charge in [0.1, 0.15) is 11.6 Å². The SMILES string of the molecule is CCC(C)(CC(=O)[O-])C(=O)NC1CC(c2ccc(F)cc2F)C1.[Na+]. The number of rotatable bonds is 6. The molecular weight excluding hydrogens is 327 g/mol. The maximum atomic E-state index is 13.7. The molecule has 0 saturated heterocycles. The maximum absolute atomic E-state index is 13.7. The van der Waals surface area contributed by atoms with E-state index in [1.807, 2.05) is 0 Å². The summed E-state index contributed by atoms with van der Waals surface area (Å²) in [5.74, 6) is -2.84. The summed E-state index contributed by atoms with van der Waals surface area (Å²) in [5, 5.41) is 13.6. The van der Waals surface area contributed by atoms with E-state index in [1.165, 1.54) is 12.1 Å². The van der Waals surface area contributed by atoms with Gasteiger partial charge in [0.2, 0.25) is 5.91 Å². The second-order valence-corrected chi connectivity index (χ2v) is 6.47. The number of amides is 1. The van der Waals surface area contributed by atoms with Crippen molar-refractivity contribution in [3.05, 3.63) is 35.4 Å². The summed E-state index contributed by atoms with van der Waals surface area (Å²) in [6.07, 6.45) is 1.16. The van der Waals surface area contributed by atoms with Gasteiger partial charge in [0.15, 0.2) is 0 Å². The zero-order valence-corrected chi connectivity index (χ0v) is 16.2. The normalized spacial score (nSPS) is 21.8. The smallest absolute Gasteiger partial charge is 0.550 e. The van der Waals surface area contributed by atoms with Gasteiger partial charge < -0.3 is 15.2 Å². The predicted molar refractivity (Wildman–Crippen MR) is 78.3 cm³/mol. The monoisotopic (exact) mass is 347 g/mol. The van der Waals surface area contributed by atoms with E-state index in [9.17, 15) is 23.5 Å². The number of benzene rings is 1. The third-order valence-corrected chi connectivity index (χ3v) is 4.74. The molecule has 0 aliphatic heterocycles. The van der Waals surface area contributed by atoms with Gasteiger partial charge >= 0.3 is 29.6 Å². The molecule has 1 aromatic carbocycles. The second-order valence-electron chi connectivity index (χ2n) is 6.47. The largest absolute Gasteiger partial charge is 1.00 e. The van der Waals surface area contributed by atoms with E-state index in [2.05, 4.69) is 5.32 Å². The van der Waals surface area contributed by atoms with E-state index in [1.54, 1.807) is 13.8 Å². The molecule has 1 saturated carbocycles. The van der Waals surface area contributed by atoms with Crippen LogP contribution < -0.4 is 40.0 Å². The minimum atomic E-state index is -1.26. The summed E-state index contributed by atoms with van der Waals surface area (Å²) in [5.41, 5.74) is -0.560. The van der Waals surface area contributed by atoms with E-state index in [0.29, 0.717) is 24.8 Å². The minimum absolute atomic E-state index is 0. The van der Waals surface area contributed by atoms with Crippen LogP contribution in [0.5, 0.6) is 0 Å². The predicted octanol–water partition coefficient (Wildman–Crippen LogP) is -1.11. The van der Waals surface area contributed by atoms with E-state index in [0.717, 1.165) is 6.07 Å². The van der Waals surface area contributed by atoms with Crippen molar-refractivity contribution in [2.75, 3.05) is 0 Å². The number of hydrogen-bond donors (Lipinski definition) is 1. The van der Waals surface area contributed by atoms with Crippen molar-refractivity contribution in [3.63, 3.8) is 0 Å². The third-order valence-electron chi connectivity index (χ3n) is 4.74. The molecule has 1 atom stereocenters. The Hall–Kier alpha value is -0.980. The Balaban J connectivity index is 0.00000288. The molecule has 0 bridgehead atoms. The summed E-state index contributed by atoms with van der Waals surface area (Å²) >= 11 is 0. The van der Waals surface area contributed by atoms with Crippen molar-refractivity contribution in [3.8, 4) is 0 Å². The summed E-state index contributed by atoms with van der Waals surface area (Å²) in [6, 6.07) is 3.39. The number of hydrogen-bond acceptors (Lipinski definition) is 3. The van der Waals surface area contributed by atoms with Crippen molar-refractivity contribution < 1.29 is 53.0 Å². The van der Waals surface area contributed by atoms with Crippen LogP contribution >= 0.6 is 0 Å². The van der Waals surface area contributed by atoms with E-state index in [4.69, 9.17) is 0 Å². The average molecular weight is 347 g/mol. The Kier molecular flexibility index (Phi) is 7.38. The summed E-state index contributed by atoms with van der Waals surface area (Å²) < 4.78 is 26.6. The van der Waals surface area contributed by atoms with Gasteiger partial charge in [-0.3, -0.25) is 4.79 Å². The van der Waals surface area contributed by atoms with Crippen molar-refractivity contribution >= 4 is 11.9 Å². The Morgan fingerprint density at radius 2 is 1.96 bits per heavy atom. The Bertz CT molecular complexity index is 620. The first-order valence-electron chi connectivity index (χ1n) is 7.71. The molecular formula is C17H20F2NNaO3. The molecule has 0 spiro atoms. The number of carboxylic acids is 1. The summed E-state index contributed by atoms with van der Waals surface area (Å²) in [6.45, 7) is 3.34. The quantitative estimate of drug-likeness (QED) is 0.664. The van der Waals surface area contributed by atoms with Crippen molar-refractivity contribution in [1.29, 1.82) is 0 Å². The molecule has 1 unspecified atom stereocenters. The number of carbonyl (C=O) groups is 2. The van der Waals surface area contributed by atoms with Gasteiger partial charge in [-0.1, -0.05) is 19.9 Å². The average Bonchev–Trinajstić information content (AvgIpc) is 2.42. The van der Waals surface area contributed by atoms with Crippen LogP contribution in [0.2, 0.25) is 0 Å². The molecule has 4 nitrogen and oxygen atoms in total. The number of aliphatic carboxylic acids is 1. The van der Waals surface area contributed by atoms with Crippen LogP contribution in [0.25, 0.3) is 0 Å². The third kappa shape index (κ3) is 4.77. The zero-order valence-electron chi connectivity index (χ0n) is 14.2. The van der Waals surface area contributed by atoms with Crippen molar-refractivity contribution in [1.82, 2.24) is 5.32 Å². The fourth-order valence-corrected chi connectivity index (χ4v) is 2.87. The number of carbonyl (C=O) groups excluding carboxylic acids is 2. The Labute approximate surface area is 162 Å². The molecule has 126 valence electrons. The topological polar surface area (TPSA) is 69.2 Å². The van der Waals surface area contributed by atoms with Gasteiger partial charge in [0, 0.05) is 24.5 Å². The molecule has 1 N–H and O–H groups in total. The molecule has 1 aliphatic carbocycles. The molecule has 0 aromatic heterocycles. The number of halogens is 2. The van der Waals surface area contributed by atoms with Crippen LogP contribution in [0.3, 0.4) is 0 Å². The molecule has 0 radical (unpaired) electrons. The fourth-order valence-electron chi connectivity index (χ4n) is 2.87. The molecule has 7 heteroatoms. The van der Waals surface area contributed by atoms with Gasteiger partial charge in [-0.25, -0.2) is 8.78 Å². The van der Waals surface area contributed by atoms with E-state index < -0.39 is 23.0 Å². The minimum Gasteiger partial charge on any atom is -0.550 e. The maximum Gasteiger partial charge on any atom is 1.00 e. The second kappa shape index (κ2) is 8.41. The van der Waals surface area contributed by atoms with Gasteiger partial charge in [0.05, 0.1) is 5.41 Å². The van der Waals surface area contributed by atoms with Crippen LogP contribution in [-0.4, -0.2) is 17.9 Å². The molecule has 1 amide bonds. The van der Waals surface area contributed by atoms with Gasteiger partial charge in [-0.05, 0) is 36.8 Å². The van der Waals surface area contributed by atoms with Crippen molar-refractivity contribution in [2.24, 2.45) is 5.41 Å². The van der Waals surface area contributed by atoms with E-state index in [-0.39, 0.29) is 53.8 Å². The van der Waals surface area contributed by atoms with Gasteiger partial charge in [0.25, 0.3) is 0 Å². The van der Waals surface area contributed by atoms with Crippen LogP contribution in [0.4, 0.5) is 8.78 Å². The zero-order chi connectivity index (χ0) is 17.2. The molecule has 24 heavy (non-hydrogen) atoms. The van der Waals surface area contributed by atoms with Gasteiger partial charge in [-0.2, -0.15) is 0 Å². The van der Waals surface area contributed by atoms with Crippen LogP contribution in [0.1, 0.15) is 51.0 Å². The first kappa shape index (κ1) is 21.1. The standard InChI is InChI=1S/C17H21F2NO3.Na/c1-3-17(2,9-15(21)22)16(23)20-12-6-10(7-12)13-5-4-11(18)8-14(13)19;/h4-5,8,10,12H,3,6-7,9H2,1-2H3,(H,20,23)(H,21,22);/q;+1/p-1. The first-order chi connectivity index (χ1) is 10.7. The van der Waals surface area contributed by atoms with Crippen LogP contribution in [-0.2, 0) is 9.59 Å². The summed E-state index contributed by atoms with van der Waals surface area (Å²) in [7, 11) is 0. The van der Waals surface area contributed by atoms with Crippen LogP contribution in [0, 0.1) is 17.0 Å². The van der Waals surface area contributed by atoms with Crippen molar-refractivity contribution in [2.45, 2.75) is 51.5 Å². The van der Waals surface area contributed by atoms with Gasteiger partial charge in [-0.15, -0.1) is 0 Å². The molecule has 0 heterocycles. The summed E-state index contributed by atoms with van der Waals surface area (Å²) in [4.78, 5) is 23.0. The molecule has 1 aromatic rings. The Morgan fingerprint density at radius 3 is 2.46 bits per heavy atom. The van der Waals surface area contributed by atoms with Crippen LogP contribution in [0.15, 0.2) is 18.2 Å². The molecule has 1 fully saturated rings. The fraction of sp³-hybridized carbons (Fsp3) is 0.529. The molecule has 1 aliphatic rings.